The van der Waals surface area contributed by atoms with Crippen LogP contribution in [0.4, 0.5) is 10.1 Å². The Bertz CT molecular complexity index is 405. The third kappa shape index (κ3) is 2.83. The standard InChI is InChI=1S/C15H23FN2/c1-11-6-8-18(10-12(11)2)15-4-3-13(5-7-17)9-14(15)16/h3-4,9,11-12H,5-8,10,17H2,1-2H3. The molecule has 2 N–H and O–H groups in total. The number of piperidine rings is 1. The lowest BCUT2D eigenvalue weighted by molar-refractivity contribution is 0.322. The Kier molecular flexibility index (Phi) is 4.23. The summed E-state index contributed by atoms with van der Waals surface area (Å²) < 4.78 is 14.1. The SMILES string of the molecule is CC1CCN(c2ccc(CCN)cc2F)CC1C. The zero-order chi connectivity index (χ0) is 13.1. The van der Waals surface area contributed by atoms with Crippen molar-refractivity contribution in [3.05, 3.63) is 29.6 Å². The highest BCUT2D eigenvalue weighted by Crippen LogP contribution is 2.29. The number of anilines is 1. The monoisotopic (exact) mass is 250 g/mol. The second kappa shape index (κ2) is 5.70. The van der Waals surface area contributed by atoms with E-state index in [4.69, 9.17) is 5.73 Å². The van der Waals surface area contributed by atoms with Gasteiger partial charge in [0.25, 0.3) is 0 Å². The Hall–Kier alpha value is -1.09. The number of halogens is 1. The maximum atomic E-state index is 14.1. The van der Waals surface area contributed by atoms with E-state index in [1.165, 1.54) is 0 Å². The summed E-state index contributed by atoms with van der Waals surface area (Å²) in [6, 6.07) is 5.53. The predicted molar refractivity (Wildman–Crippen MR) is 74.3 cm³/mol. The Morgan fingerprint density at radius 1 is 1.33 bits per heavy atom. The van der Waals surface area contributed by atoms with E-state index in [0.29, 0.717) is 12.5 Å². The van der Waals surface area contributed by atoms with Gasteiger partial charge in [0.1, 0.15) is 5.82 Å². The number of benzene rings is 1. The summed E-state index contributed by atoms with van der Waals surface area (Å²) in [7, 11) is 0. The highest BCUT2D eigenvalue weighted by Gasteiger charge is 2.24. The van der Waals surface area contributed by atoms with Gasteiger partial charge in [0, 0.05) is 13.1 Å². The fourth-order valence-electron chi connectivity index (χ4n) is 2.61. The zero-order valence-corrected chi connectivity index (χ0v) is 11.3. The van der Waals surface area contributed by atoms with Crippen molar-refractivity contribution in [2.24, 2.45) is 17.6 Å². The molecule has 18 heavy (non-hydrogen) atoms. The lowest BCUT2D eigenvalue weighted by atomic mass is 9.88. The van der Waals surface area contributed by atoms with E-state index in [-0.39, 0.29) is 5.82 Å². The van der Waals surface area contributed by atoms with Gasteiger partial charge in [-0.3, -0.25) is 0 Å². The molecule has 1 aromatic rings. The van der Waals surface area contributed by atoms with Crippen LogP contribution in [0, 0.1) is 17.7 Å². The molecule has 3 heteroatoms. The summed E-state index contributed by atoms with van der Waals surface area (Å²) in [6.45, 7) is 7.00. The first-order chi connectivity index (χ1) is 8.61. The molecule has 1 aromatic carbocycles. The first-order valence-electron chi connectivity index (χ1n) is 6.85. The normalized spacial score (nSPS) is 24.3. The molecule has 1 fully saturated rings. The summed E-state index contributed by atoms with van der Waals surface area (Å²) in [5, 5.41) is 0. The van der Waals surface area contributed by atoms with Crippen LogP contribution in [0.25, 0.3) is 0 Å². The van der Waals surface area contributed by atoms with E-state index >= 15 is 0 Å². The number of rotatable bonds is 3. The molecule has 0 aliphatic carbocycles. The van der Waals surface area contributed by atoms with Gasteiger partial charge in [0.05, 0.1) is 5.69 Å². The molecule has 0 spiro atoms. The highest BCUT2D eigenvalue weighted by molar-refractivity contribution is 5.49. The van der Waals surface area contributed by atoms with Crippen molar-refractivity contribution in [2.75, 3.05) is 24.5 Å². The maximum absolute atomic E-state index is 14.1. The highest BCUT2D eigenvalue weighted by atomic mass is 19.1. The second-order valence-electron chi connectivity index (χ2n) is 5.51. The molecule has 0 bridgehead atoms. The molecule has 2 nitrogen and oxygen atoms in total. The number of nitrogens with zero attached hydrogens (tertiary/aromatic N) is 1. The minimum absolute atomic E-state index is 0.109. The Balaban J connectivity index is 2.13. The van der Waals surface area contributed by atoms with Gasteiger partial charge in [-0.1, -0.05) is 19.9 Å². The molecule has 100 valence electrons. The molecular formula is C15H23FN2. The van der Waals surface area contributed by atoms with Crippen molar-refractivity contribution in [2.45, 2.75) is 26.7 Å². The molecule has 1 saturated heterocycles. The van der Waals surface area contributed by atoms with Crippen molar-refractivity contribution in [3.63, 3.8) is 0 Å². The molecule has 0 aromatic heterocycles. The summed E-state index contributed by atoms with van der Waals surface area (Å²) in [6.07, 6.45) is 1.88. The number of hydrogen-bond acceptors (Lipinski definition) is 2. The van der Waals surface area contributed by atoms with E-state index in [0.717, 1.165) is 43.1 Å². The van der Waals surface area contributed by atoms with Crippen LogP contribution in [-0.2, 0) is 6.42 Å². The molecule has 0 amide bonds. The van der Waals surface area contributed by atoms with E-state index < -0.39 is 0 Å². The van der Waals surface area contributed by atoms with Gasteiger partial charge >= 0.3 is 0 Å². The number of hydrogen-bond donors (Lipinski definition) is 1. The molecular weight excluding hydrogens is 227 g/mol. The third-order valence-electron chi connectivity index (χ3n) is 4.12. The van der Waals surface area contributed by atoms with E-state index in [1.54, 1.807) is 6.07 Å². The van der Waals surface area contributed by atoms with Gasteiger partial charge < -0.3 is 10.6 Å². The lowest BCUT2D eigenvalue weighted by Crippen LogP contribution is -2.38. The quantitative estimate of drug-likeness (QED) is 0.894. The molecule has 1 aliphatic heterocycles. The van der Waals surface area contributed by atoms with Crippen molar-refractivity contribution in [3.8, 4) is 0 Å². The maximum Gasteiger partial charge on any atom is 0.146 e. The van der Waals surface area contributed by atoms with Crippen LogP contribution in [0.3, 0.4) is 0 Å². The summed E-state index contributed by atoms with van der Waals surface area (Å²) in [5.41, 5.74) is 7.22. The number of nitrogens with two attached hydrogens (primary N) is 1. The van der Waals surface area contributed by atoms with Gasteiger partial charge in [-0.05, 0) is 48.9 Å². The fraction of sp³-hybridized carbons (Fsp3) is 0.600. The van der Waals surface area contributed by atoms with Crippen LogP contribution in [0.5, 0.6) is 0 Å². The topological polar surface area (TPSA) is 29.3 Å². The molecule has 2 unspecified atom stereocenters. The van der Waals surface area contributed by atoms with Crippen LogP contribution >= 0.6 is 0 Å². The summed E-state index contributed by atoms with van der Waals surface area (Å²) >= 11 is 0. The van der Waals surface area contributed by atoms with E-state index in [2.05, 4.69) is 18.7 Å². The van der Waals surface area contributed by atoms with Gasteiger partial charge in [-0.25, -0.2) is 4.39 Å². The van der Waals surface area contributed by atoms with Crippen molar-refractivity contribution < 1.29 is 4.39 Å². The van der Waals surface area contributed by atoms with Gasteiger partial charge in [0.2, 0.25) is 0 Å². The van der Waals surface area contributed by atoms with Crippen LogP contribution in [0.15, 0.2) is 18.2 Å². The first kappa shape index (κ1) is 13.3. The summed E-state index contributed by atoms with van der Waals surface area (Å²) in [4.78, 5) is 2.17. The van der Waals surface area contributed by atoms with Crippen LogP contribution in [0.2, 0.25) is 0 Å². The lowest BCUT2D eigenvalue weighted by Gasteiger charge is -2.37. The molecule has 2 atom stereocenters. The van der Waals surface area contributed by atoms with Crippen molar-refractivity contribution >= 4 is 5.69 Å². The molecule has 1 heterocycles. The molecule has 2 rings (SSSR count). The van der Waals surface area contributed by atoms with Gasteiger partial charge in [0.15, 0.2) is 0 Å². The minimum atomic E-state index is -0.109. The Morgan fingerprint density at radius 3 is 2.72 bits per heavy atom. The molecule has 0 radical (unpaired) electrons. The average Bonchev–Trinajstić information content (AvgIpc) is 2.34. The van der Waals surface area contributed by atoms with Gasteiger partial charge in [-0.15, -0.1) is 0 Å². The molecule has 1 aliphatic rings. The Labute approximate surface area is 109 Å². The largest absolute Gasteiger partial charge is 0.369 e. The van der Waals surface area contributed by atoms with Crippen LogP contribution in [0.1, 0.15) is 25.8 Å². The predicted octanol–water partition coefficient (Wildman–Crippen LogP) is 2.81. The van der Waals surface area contributed by atoms with Crippen LogP contribution in [-0.4, -0.2) is 19.6 Å². The minimum Gasteiger partial charge on any atom is -0.369 e. The van der Waals surface area contributed by atoms with Crippen molar-refractivity contribution in [1.82, 2.24) is 0 Å². The van der Waals surface area contributed by atoms with Gasteiger partial charge in [-0.2, -0.15) is 0 Å². The summed E-state index contributed by atoms with van der Waals surface area (Å²) in [5.74, 6) is 1.25. The average molecular weight is 250 g/mol. The smallest absolute Gasteiger partial charge is 0.146 e. The first-order valence-corrected chi connectivity index (χ1v) is 6.85. The third-order valence-corrected chi connectivity index (χ3v) is 4.12. The molecule has 0 saturated carbocycles. The zero-order valence-electron chi connectivity index (χ0n) is 11.3. The Morgan fingerprint density at radius 2 is 2.11 bits per heavy atom. The van der Waals surface area contributed by atoms with Crippen molar-refractivity contribution in [1.29, 1.82) is 0 Å². The fourth-order valence-corrected chi connectivity index (χ4v) is 2.61. The second-order valence-corrected chi connectivity index (χ2v) is 5.51. The van der Waals surface area contributed by atoms with E-state index in [9.17, 15) is 4.39 Å². The van der Waals surface area contributed by atoms with Crippen LogP contribution < -0.4 is 10.6 Å². The van der Waals surface area contributed by atoms with E-state index in [1.807, 2.05) is 12.1 Å².